The van der Waals surface area contributed by atoms with Crippen LogP contribution in [0.25, 0.3) is 0 Å². The molecule has 0 bridgehead atoms. The molecule has 8 nitrogen and oxygen atoms in total. The molecule has 2 N–H and O–H groups in total. The van der Waals surface area contributed by atoms with Gasteiger partial charge in [0, 0.05) is 12.7 Å². The van der Waals surface area contributed by atoms with E-state index in [0.29, 0.717) is 29.9 Å². The molecular weight excluding hydrogens is 374 g/mol. The molecule has 1 unspecified atom stereocenters. The van der Waals surface area contributed by atoms with Gasteiger partial charge in [-0.05, 0) is 36.0 Å². The van der Waals surface area contributed by atoms with Crippen molar-refractivity contribution in [1.29, 1.82) is 0 Å². The number of hydrogen-bond donors (Lipinski definition) is 2. The molecule has 0 aliphatic heterocycles. The van der Waals surface area contributed by atoms with E-state index in [4.69, 9.17) is 9.47 Å². The summed E-state index contributed by atoms with van der Waals surface area (Å²) in [7, 11) is -0.228. The second-order valence-corrected chi connectivity index (χ2v) is 9.22. The molecule has 2 rings (SSSR count). The summed E-state index contributed by atoms with van der Waals surface area (Å²) in [6, 6.07) is 4.17. The van der Waals surface area contributed by atoms with Crippen molar-refractivity contribution in [2.75, 3.05) is 26.2 Å². The number of benzene rings is 1. The van der Waals surface area contributed by atoms with Crippen molar-refractivity contribution >= 4 is 21.7 Å². The second kappa shape index (κ2) is 8.16. The van der Waals surface area contributed by atoms with E-state index in [0.717, 1.165) is 6.26 Å². The van der Waals surface area contributed by atoms with Gasteiger partial charge in [-0.3, -0.25) is 9.59 Å². The van der Waals surface area contributed by atoms with E-state index in [1.807, 2.05) is 0 Å². The maximum atomic E-state index is 12.5. The van der Waals surface area contributed by atoms with Gasteiger partial charge in [-0.15, -0.1) is 0 Å². The van der Waals surface area contributed by atoms with Crippen molar-refractivity contribution in [3.63, 3.8) is 0 Å². The number of methoxy groups -OCH3 is 2. The van der Waals surface area contributed by atoms with Crippen LogP contribution in [-0.4, -0.2) is 51.6 Å². The van der Waals surface area contributed by atoms with Crippen LogP contribution >= 0.6 is 0 Å². The van der Waals surface area contributed by atoms with Crippen LogP contribution in [0, 0.1) is 5.41 Å². The number of aliphatic carboxylic acids is 1. The maximum Gasteiger partial charge on any atom is 0.305 e. The van der Waals surface area contributed by atoms with Crippen molar-refractivity contribution in [1.82, 2.24) is 5.32 Å². The van der Waals surface area contributed by atoms with Crippen LogP contribution < -0.4 is 14.8 Å². The van der Waals surface area contributed by atoms with Crippen LogP contribution in [0.2, 0.25) is 0 Å². The van der Waals surface area contributed by atoms with Gasteiger partial charge in [0.25, 0.3) is 0 Å². The van der Waals surface area contributed by atoms with E-state index in [1.165, 1.54) is 14.2 Å². The number of hydrogen-bond acceptors (Lipinski definition) is 6. The van der Waals surface area contributed by atoms with Gasteiger partial charge in [-0.25, -0.2) is 8.42 Å². The number of carbonyl (C=O) groups excluding carboxylic acids is 1. The maximum absolute atomic E-state index is 12.5. The Morgan fingerprint density at radius 2 is 1.85 bits per heavy atom. The van der Waals surface area contributed by atoms with Crippen molar-refractivity contribution in [2.24, 2.45) is 5.41 Å². The lowest BCUT2D eigenvalue weighted by atomic mass is 10.0. The minimum atomic E-state index is -3.19. The molecule has 0 saturated heterocycles. The number of carbonyl (C=O) groups is 2. The van der Waals surface area contributed by atoms with E-state index >= 15 is 0 Å². The minimum absolute atomic E-state index is 0.0343. The van der Waals surface area contributed by atoms with Crippen molar-refractivity contribution in [3.05, 3.63) is 23.8 Å². The third kappa shape index (κ3) is 6.13. The van der Waals surface area contributed by atoms with E-state index in [1.54, 1.807) is 18.2 Å². The highest BCUT2D eigenvalue weighted by Gasteiger charge is 2.46. The number of sulfone groups is 1. The Labute approximate surface area is 158 Å². The normalized spacial score (nSPS) is 16.3. The number of nitrogens with one attached hydrogen (secondary N) is 1. The SMILES string of the molecule is COc1ccc(C(CC(=O)O)NC(=O)CC2(CS(C)(=O)=O)CC2)cc1OC. The Hall–Kier alpha value is -2.29. The molecule has 1 aromatic carbocycles. The first-order valence-corrected chi connectivity index (χ1v) is 10.5. The Balaban J connectivity index is 2.15. The van der Waals surface area contributed by atoms with Gasteiger partial charge in [-0.1, -0.05) is 6.07 Å². The molecule has 9 heteroatoms. The summed E-state index contributed by atoms with van der Waals surface area (Å²) in [5.74, 6) is -0.542. The van der Waals surface area contributed by atoms with E-state index in [9.17, 15) is 23.1 Å². The zero-order chi connectivity index (χ0) is 20.2. The van der Waals surface area contributed by atoms with Gasteiger partial charge in [0.15, 0.2) is 11.5 Å². The van der Waals surface area contributed by atoms with Gasteiger partial charge in [-0.2, -0.15) is 0 Å². The number of rotatable bonds is 10. The van der Waals surface area contributed by atoms with Gasteiger partial charge in [0.1, 0.15) is 9.84 Å². The summed E-state index contributed by atoms with van der Waals surface area (Å²) in [4.78, 5) is 23.7. The van der Waals surface area contributed by atoms with Gasteiger partial charge < -0.3 is 19.9 Å². The first-order chi connectivity index (χ1) is 12.6. The van der Waals surface area contributed by atoms with Crippen LogP contribution in [0.5, 0.6) is 11.5 Å². The Morgan fingerprint density at radius 1 is 1.22 bits per heavy atom. The molecule has 0 radical (unpaired) electrons. The Bertz CT molecular complexity index is 815. The number of amides is 1. The topological polar surface area (TPSA) is 119 Å². The molecule has 0 spiro atoms. The molecule has 1 aliphatic rings. The summed E-state index contributed by atoms with van der Waals surface area (Å²) in [5.41, 5.74) is 0.0413. The zero-order valence-electron chi connectivity index (χ0n) is 15.6. The number of carboxylic acids is 1. The monoisotopic (exact) mass is 399 g/mol. The molecule has 1 aliphatic carbocycles. The van der Waals surface area contributed by atoms with Crippen molar-refractivity contribution in [3.8, 4) is 11.5 Å². The molecule has 0 aromatic heterocycles. The standard InChI is InChI=1S/C18H25NO7S/c1-25-14-5-4-12(8-15(14)26-2)13(9-17(21)22)19-16(20)10-18(6-7-18)11-27(3,23)24/h4-5,8,13H,6-7,9-11H2,1-3H3,(H,19,20)(H,21,22). The molecule has 27 heavy (non-hydrogen) atoms. The van der Waals surface area contributed by atoms with Gasteiger partial charge >= 0.3 is 5.97 Å². The van der Waals surface area contributed by atoms with Gasteiger partial charge in [0.05, 0.1) is 32.4 Å². The predicted octanol–water partition coefficient (Wildman–Crippen LogP) is 1.55. The van der Waals surface area contributed by atoms with Crippen LogP contribution in [0.1, 0.15) is 37.3 Å². The first kappa shape index (κ1) is 21.0. The fourth-order valence-corrected chi connectivity index (χ4v) is 4.69. The summed E-state index contributed by atoms with van der Waals surface area (Å²) in [6.07, 6.45) is 2.26. The summed E-state index contributed by atoms with van der Waals surface area (Å²) < 4.78 is 33.5. The Morgan fingerprint density at radius 3 is 2.33 bits per heavy atom. The highest BCUT2D eigenvalue weighted by molar-refractivity contribution is 7.90. The van der Waals surface area contributed by atoms with Crippen molar-refractivity contribution in [2.45, 2.75) is 31.7 Å². The molecule has 1 saturated carbocycles. The highest BCUT2D eigenvalue weighted by Crippen LogP contribution is 2.49. The average Bonchev–Trinajstić information content (AvgIpc) is 3.29. The lowest BCUT2D eigenvalue weighted by Crippen LogP contribution is -2.33. The summed E-state index contributed by atoms with van der Waals surface area (Å²) in [5, 5.41) is 11.9. The Kier molecular flexibility index (Phi) is 6.35. The summed E-state index contributed by atoms with van der Waals surface area (Å²) >= 11 is 0. The van der Waals surface area contributed by atoms with Crippen LogP contribution in [0.15, 0.2) is 18.2 Å². The van der Waals surface area contributed by atoms with Crippen LogP contribution in [0.3, 0.4) is 0 Å². The number of carboxylic acid groups (broad SMARTS) is 1. The largest absolute Gasteiger partial charge is 0.493 e. The third-order valence-corrected chi connectivity index (χ3v) is 5.72. The van der Waals surface area contributed by atoms with Crippen LogP contribution in [0.4, 0.5) is 0 Å². The quantitative estimate of drug-likeness (QED) is 0.613. The highest BCUT2D eigenvalue weighted by atomic mass is 32.2. The van der Waals surface area contributed by atoms with E-state index in [2.05, 4.69) is 5.32 Å². The molecule has 1 amide bonds. The van der Waals surface area contributed by atoms with Crippen molar-refractivity contribution < 1.29 is 32.6 Å². The fourth-order valence-electron chi connectivity index (χ4n) is 3.19. The van der Waals surface area contributed by atoms with E-state index < -0.39 is 27.3 Å². The molecule has 1 aromatic rings. The second-order valence-electron chi connectivity index (χ2n) is 7.08. The third-order valence-electron chi connectivity index (χ3n) is 4.58. The molecular formula is C18H25NO7S. The smallest absolute Gasteiger partial charge is 0.305 e. The molecule has 1 fully saturated rings. The fraction of sp³-hybridized carbons (Fsp3) is 0.556. The predicted molar refractivity (Wildman–Crippen MR) is 98.7 cm³/mol. The first-order valence-electron chi connectivity index (χ1n) is 8.48. The molecule has 0 heterocycles. The lowest BCUT2D eigenvalue weighted by molar-refractivity contribution is -0.137. The lowest BCUT2D eigenvalue weighted by Gasteiger charge is -2.21. The average molecular weight is 399 g/mol. The van der Waals surface area contributed by atoms with E-state index in [-0.39, 0.29) is 24.5 Å². The molecule has 150 valence electrons. The zero-order valence-corrected chi connectivity index (χ0v) is 16.5. The van der Waals surface area contributed by atoms with Crippen LogP contribution in [-0.2, 0) is 19.4 Å². The molecule has 1 atom stereocenters. The number of ether oxygens (including phenoxy) is 2. The minimum Gasteiger partial charge on any atom is -0.493 e. The van der Waals surface area contributed by atoms with Gasteiger partial charge in [0.2, 0.25) is 5.91 Å². The summed E-state index contributed by atoms with van der Waals surface area (Å²) in [6.45, 7) is 0.